The van der Waals surface area contributed by atoms with Gasteiger partial charge in [0.1, 0.15) is 5.58 Å². The molecule has 0 saturated carbocycles. The van der Waals surface area contributed by atoms with Crippen molar-refractivity contribution < 1.29 is 24.5 Å². The number of aromatic nitrogens is 3. The molecule has 0 bridgehead atoms. The van der Waals surface area contributed by atoms with E-state index in [1.54, 1.807) is 0 Å². The van der Waals surface area contributed by atoms with E-state index in [0.717, 1.165) is 78.7 Å². The predicted octanol–water partition coefficient (Wildman–Crippen LogP) is 14.7. The molecule has 6 heteroatoms. The molecule has 4 nitrogen and oxygen atoms in total. The van der Waals surface area contributed by atoms with Crippen molar-refractivity contribution in [3.8, 4) is 39.5 Å². The van der Waals surface area contributed by atoms with Crippen molar-refractivity contribution in [1.29, 1.82) is 0 Å². The molecule has 1 radical (unpaired) electrons. The average Bonchev–Trinajstić information content (AvgIpc) is 3.88. The van der Waals surface area contributed by atoms with Gasteiger partial charge in [0.05, 0.1) is 30.5 Å². The molecule has 3 aromatic heterocycles. The van der Waals surface area contributed by atoms with Crippen LogP contribution in [0.3, 0.4) is 0 Å². The Hall–Kier alpha value is -6.43. The van der Waals surface area contributed by atoms with Crippen molar-refractivity contribution in [1.82, 2.24) is 14.5 Å². The third-order valence-electron chi connectivity index (χ3n) is 11.7. The van der Waals surface area contributed by atoms with Gasteiger partial charge < -0.3 is 14.0 Å². The van der Waals surface area contributed by atoms with Crippen LogP contribution in [0.5, 0.6) is 0 Å². The topological polar surface area (TPSA) is 43.9 Å². The van der Waals surface area contributed by atoms with Crippen LogP contribution in [0, 0.1) is 18.1 Å². The number of rotatable bonds is 7. The molecule has 11 aromatic rings. The summed E-state index contributed by atoms with van der Waals surface area (Å²) < 4.78 is 8.40. The van der Waals surface area contributed by atoms with Crippen molar-refractivity contribution >= 4 is 67.8 Å². The van der Waals surface area contributed by atoms with E-state index in [2.05, 4.69) is 195 Å². The van der Waals surface area contributed by atoms with E-state index in [9.17, 15) is 0 Å². The Balaban J connectivity index is 0.000000204. The minimum absolute atomic E-state index is 0. The van der Waals surface area contributed by atoms with Crippen LogP contribution < -0.4 is 5.19 Å². The zero-order chi connectivity index (χ0) is 42.4. The van der Waals surface area contributed by atoms with Crippen molar-refractivity contribution in [2.24, 2.45) is 5.92 Å². The summed E-state index contributed by atoms with van der Waals surface area (Å²) in [4.78, 5) is 10.1. The molecule has 8 aromatic carbocycles. The van der Waals surface area contributed by atoms with Gasteiger partial charge in [-0.1, -0.05) is 154 Å². The maximum Gasteiger partial charge on any atom is 0.120 e. The van der Waals surface area contributed by atoms with Gasteiger partial charge in [0, 0.05) is 42.8 Å². The summed E-state index contributed by atoms with van der Waals surface area (Å²) in [5, 5.41) is 8.45. The van der Waals surface area contributed by atoms with Crippen LogP contribution in [0.15, 0.2) is 180 Å². The van der Waals surface area contributed by atoms with Gasteiger partial charge in [-0.3, -0.25) is 4.98 Å². The summed E-state index contributed by atoms with van der Waals surface area (Å²) in [6.45, 7) is 11.7. The molecule has 63 heavy (non-hydrogen) atoms. The number of para-hydroxylation sites is 1. The van der Waals surface area contributed by atoms with Gasteiger partial charge in [-0.25, -0.2) is 0 Å². The zero-order valence-electron chi connectivity index (χ0n) is 36.1. The Kier molecular flexibility index (Phi) is 11.6. The van der Waals surface area contributed by atoms with Crippen molar-refractivity contribution in [3.05, 3.63) is 194 Å². The molecule has 311 valence electrons. The van der Waals surface area contributed by atoms with Crippen LogP contribution in [-0.4, -0.2) is 22.6 Å². The minimum atomic E-state index is -1.34. The van der Waals surface area contributed by atoms with Gasteiger partial charge in [-0.2, -0.15) is 0 Å². The van der Waals surface area contributed by atoms with E-state index in [4.69, 9.17) is 9.40 Å². The summed E-state index contributed by atoms with van der Waals surface area (Å²) in [6, 6.07) is 66.0. The van der Waals surface area contributed by atoms with Crippen molar-refractivity contribution in [2.75, 3.05) is 0 Å². The monoisotopic (exact) mass is 1010 g/mol. The van der Waals surface area contributed by atoms with Gasteiger partial charge in [-0.05, 0) is 74.8 Å². The summed E-state index contributed by atoms with van der Waals surface area (Å²) >= 11 is 0. The zero-order valence-corrected chi connectivity index (χ0v) is 39.5. The Bertz CT molecular complexity index is 3400. The average molecular weight is 1010 g/mol. The number of nitrogens with zero attached hydrogens (tertiary/aromatic N) is 3. The van der Waals surface area contributed by atoms with Crippen LogP contribution in [0.4, 0.5) is 0 Å². The first-order chi connectivity index (χ1) is 30.2. The summed E-state index contributed by atoms with van der Waals surface area (Å²) in [6.07, 6.45) is 3.24. The molecule has 11 rings (SSSR count). The smallest absolute Gasteiger partial charge is 0.120 e. The molecular weight excluding hydrogens is 963 g/mol. The maximum atomic E-state index is 6.12. The number of benzene rings is 8. The number of fused-ring (bicyclic) bond motifs is 8. The molecule has 3 heterocycles. The Morgan fingerprint density at radius 3 is 2.16 bits per heavy atom. The van der Waals surface area contributed by atoms with Crippen molar-refractivity contribution in [3.63, 3.8) is 0 Å². The van der Waals surface area contributed by atoms with Crippen molar-refractivity contribution in [2.45, 2.75) is 39.9 Å². The van der Waals surface area contributed by atoms with E-state index < -0.39 is 8.07 Å². The third kappa shape index (κ3) is 8.19. The van der Waals surface area contributed by atoms with E-state index >= 15 is 0 Å². The predicted molar refractivity (Wildman–Crippen MR) is 263 cm³/mol. The molecule has 0 aliphatic carbocycles. The molecule has 0 N–H and O–H groups in total. The fourth-order valence-corrected chi connectivity index (χ4v) is 10.4. The largest absolute Gasteiger partial charge is 0.500 e. The molecule has 0 aliphatic rings. The van der Waals surface area contributed by atoms with Gasteiger partial charge >= 0.3 is 0 Å². The molecule has 0 spiro atoms. The number of hydrogen-bond acceptors (Lipinski definition) is 3. The summed E-state index contributed by atoms with van der Waals surface area (Å²) in [5.41, 5.74) is 11.7. The molecule has 0 aliphatic heterocycles. The fraction of sp³-hybridized carbons (Fsp3) is 0.123. The van der Waals surface area contributed by atoms with Gasteiger partial charge in [0.2, 0.25) is 0 Å². The van der Waals surface area contributed by atoms with Crippen LogP contribution in [0.2, 0.25) is 19.6 Å². The summed E-state index contributed by atoms with van der Waals surface area (Å²) in [7, 11) is -1.34. The quantitative estimate of drug-likeness (QED) is 0.0908. The second-order valence-electron chi connectivity index (χ2n) is 17.6. The number of hydrogen-bond donors (Lipinski definition) is 0. The first kappa shape index (κ1) is 41.9. The number of imidazole rings is 1. The molecule has 0 fully saturated rings. The Morgan fingerprint density at radius 2 is 1.37 bits per heavy atom. The Labute approximate surface area is 383 Å². The van der Waals surface area contributed by atoms with Gasteiger partial charge in [0.25, 0.3) is 0 Å². The Morgan fingerprint density at radius 1 is 0.619 bits per heavy atom. The van der Waals surface area contributed by atoms with E-state index in [0.29, 0.717) is 5.92 Å². The number of furan rings is 1. The molecule has 0 unspecified atom stereocenters. The first-order valence-corrected chi connectivity index (χ1v) is 25.0. The molecule has 0 atom stereocenters. The first-order valence-electron chi connectivity index (χ1n) is 21.5. The fourth-order valence-electron chi connectivity index (χ4n) is 8.81. The van der Waals surface area contributed by atoms with E-state index in [1.165, 1.54) is 32.5 Å². The van der Waals surface area contributed by atoms with Gasteiger partial charge in [-0.15, -0.1) is 59.7 Å². The van der Waals surface area contributed by atoms with Crippen LogP contribution in [0.25, 0.3) is 94.0 Å². The third-order valence-corrected chi connectivity index (χ3v) is 13.8. The minimum Gasteiger partial charge on any atom is -0.500 e. The second-order valence-corrected chi connectivity index (χ2v) is 22.6. The van der Waals surface area contributed by atoms with E-state index in [-0.39, 0.29) is 20.1 Å². The SMILES string of the molecule is CC(C)Cc1cc(-c2[c-]cccc2)ncc1[Si](C)(C)C.[Ir].[c-]1cc2oc3ccccc3c2cc1-c1nc2c3ccc4ccccc4c3ccc2n1-c1cccc(-c2ccccc2)c1. The van der Waals surface area contributed by atoms with E-state index in [1.807, 2.05) is 36.4 Å². The van der Waals surface area contributed by atoms with Crippen LogP contribution in [-0.2, 0) is 26.5 Å². The van der Waals surface area contributed by atoms with Crippen LogP contribution in [0.1, 0.15) is 19.4 Å². The van der Waals surface area contributed by atoms with Crippen LogP contribution >= 0.6 is 0 Å². The van der Waals surface area contributed by atoms with Gasteiger partial charge in [0.15, 0.2) is 0 Å². The number of pyridine rings is 1. The maximum absolute atomic E-state index is 6.12. The standard InChI is InChI=1S/C39H23N2O.C18H24NSi.Ir/c1-2-9-25(10-3-1)27-12-8-13-29(23-27)41-35-21-20-31-30-14-5-4-11-26(30)17-19-33(31)38(35)40-39(41)28-18-22-37-34(24-28)32-15-6-7-16-36(32)42-37;1-14(2)11-16-12-17(15-9-7-6-8-10-15)19-13-18(16)20(3,4)5;/h1-17,19-24H;6-9,12-14H,11H2,1-5H3;/q2*-1;. The second kappa shape index (κ2) is 17.4. The molecule has 0 amide bonds. The summed E-state index contributed by atoms with van der Waals surface area (Å²) in [5.74, 6) is 1.52. The normalized spacial score (nSPS) is 11.7. The molecular formula is C57H47IrN3OSi-2. The molecule has 0 saturated heterocycles.